The lowest BCUT2D eigenvalue weighted by Crippen LogP contribution is -2.47. The number of hydrogen-bond donors (Lipinski definition) is 2. The molecule has 2 rings (SSSR count). The van der Waals surface area contributed by atoms with E-state index in [2.05, 4.69) is 10.6 Å². The van der Waals surface area contributed by atoms with Gasteiger partial charge in [0, 0.05) is 18.2 Å². The van der Waals surface area contributed by atoms with E-state index in [1.54, 1.807) is 12.1 Å². The van der Waals surface area contributed by atoms with Crippen molar-refractivity contribution in [2.75, 3.05) is 6.61 Å². The molecule has 7 heteroatoms. The van der Waals surface area contributed by atoms with Gasteiger partial charge in [0.05, 0.1) is 17.2 Å². The van der Waals surface area contributed by atoms with Gasteiger partial charge >= 0.3 is 0 Å². The number of nitrogens with one attached hydrogen (secondary N) is 2. The van der Waals surface area contributed by atoms with E-state index in [1.807, 2.05) is 45.0 Å². The van der Waals surface area contributed by atoms with E-state index >= 15 is 0 Å². The van der Waals surface area contributed by atoms with Gasteiger partial charge in [-0.2, -0.15) is 0 Å². The molecule has 2 aromatic carbocycles. The number of carbonyl (C=O) groups excluding carboxylic acids is 2. The zero-order valence-electron chi connectivity index (χ0n) is 17.5. The molecule has 0 bridgehead atoms. The summed E-state index contributed by atoms with van der Waals surface area (Å²) in [4.78, 5) is 25.4. The highest BCUT2D eigenvalue weighted by Gasteiger charge is 2.23. The molecule has 0 spiro atoms. The molecule has 0 heterocycles. The Hall–Kier alpha value is -2.08. The lowest BCUT2D eigenvalue weighted by atomic mass is 10.0. The second-order valence-electron chi connectivity index (χ2n) is 7.45. The van der Waals surface area contributed by atoms with Gasteiger partial charge in [-0.1, -0.05) is 61.3 Å². The first-order valence-corrected chi connectivity index (χ1v) is 10.7. The van der Waals surface area contributed by atoms with Gasteiger partial charge in [0.15, 0.2) is 0 Å². The van der Waals surface area contributed by atoms with Gasteiger partial charge in [-0.15, -0.1) is 0 Å². The van der Waals surface area contributed by atoms with Crippen LogP contribution in [0, 0.1) is 5.92 Å². The Kier molecular flexibility index (Phi) is 9.63. The van der Waals surface area contributed by atoms with Crippen LogP contribution in [-0.4, -0.2) is 24.5 Å². The van der Waals surface area contributed by atoms with Crippen molar-refractivity contribution >= 4 is 35.0 Å². The third-order valence-electron chi connectivity index (χ3n) is 4.47. The van der Waals surface area contributed by atoms with Gasteiger partial charge in [0.25, 0.3) is 5.91 Å². The molecule has 0 aliphatic carbocycles. The second-order valence-corrected chi connectivity index (χ2v) is 8.29. The van der Waals surface area contributed by atoms with Crippen LogP contribution in [0.2, 0.25) is 10.0 Å². The van der Waals surface area contributed by atoms with Crippen LogP contribution in [-0.2, 0) is 22.7 Å². The minimum atomic E-state index is -0.665. The van der Waals surface area contributed by atoms with E-state index in [0.29, 0.717) is 31.2 Å². The van der Waals surface area contributed by atoms with E-state index in [9.17, 15) is 9.59 Å². The van der Waals surface area contributed by atoms with Gasteiger partial charge in [-0.05, 0) is 48.6 Å². The molecule has 0 aliphatic rings. The smallest absolute Gasteiger partial charge is 0.253 e. The van der Waals surface area contributed by atoms with Crippen molar-refractivity contribution in [3.63, 3.8) is 0 Å². The zero-order chi connectivity index (χ0) is 22.1. The summed E-state index contributed by atoms with van der Waals surface area (Å²) in [6.45, 7) is 7.57. The summed E-state index contributed by atoms with van der Waals surface area (Å²) >= 11 is 12.0. The summed E-state index contributed by atoms with van der Waals surface area (Å²) in [6, 6.07) is 11.9. The Morgan fingerprint density at radius 1 is 1.03 bits per heavy atom. The minimum Gasteiger partial charge on any atom is -0.377 e. The molecular weight excluding hydrogens is 423 g/mol. The number of rotatable bonds is 10. The molecular formula is C23H28Cl2N2O3. The van der Waals surface area contributed by atoms with Crippen molar-refractivity contribution in [3.05, 3.63) is 69.2 Å². The molecule has 2 N–H and O–H groups in total. The molecule has 2 amide bonds. The first kappa shape index (κ1) is 24.2. The highest BCUT2D eigenvalue weighted by molar-refractivity contribution is 6.36. The van der Waals surface area contributed by atoms with Crippen LogP contribution in [0.25, 0.3) is 0 Å². The first-order valence-electron chi connectivity index (χ1n) is 9.99. The van der Waals surface area contributed by atoms with Gasteiger partial charge in [0.1, 0.15) is 6.04 Å². The molecule has 0 saturated carbocycles. The van der Waals surface area contributed by atoms with Crippen molar-refractivity contribution in [1.82, 2.24) is 10.6 Å². The van der Waals surface area contributed by atoms with Crippen LogP contribution in [0.4, 0.5) is 0 Å². The van der Waals surface area contributed by atoms with Crippen molar-refractivity contribution in [3.8, 4) is 0 Å². The third-order valence-corrected chi connectivity index (χ3v) is 5.02. The highest BCUT2D eigenvalue weighted by Crippen LogP contribution is 2.21. The highest BCUT2D eigenvalue weighted by atomic mass is 35.5. The van der Waals surface area contributed by atoms with Crippen LogP contribution in [0.5, 0.6) is 0 Å². The van der Waals surface area contributed by atoms with Gasteiger partial charge < -0.3 is 15.4 Å². The Morgan fingerprint density at radius 3 is 2.30 bits per heavy atom. The van der Waals surface area contributed by atoms with Crippen LogP contribution >= 0.6 is 23.2 Å². The minimum absolute atomic E-state index is 0.222. The third kappa shape index (κ3) is 7.63. The van der Waals surface area contributed by atoms with Gasteiger partial charge in [-0.25, -0.2) is 0 Å². The summed E-state index contributed by atoms with van der Waals surface area (Å²) < 4.78 is 5.39. The summed E-state index contributed by atoms with van der Waals surface area (Å²) in [5.41, 5.74) is 2.34. The Morgan fingerprint density at radius 2 is 1.70 bits per heavy atom. The number of halogens is 2. The summed E-state index contributed by atoms with van der Waals surface area (Å²) in [5, 5.41) is 6.40. The molecule has 1 unspecified atom stereocenters. The predicted octanol–water partition coefficient (Wildman–Crippen LogP) is 4.99. The maximum atomic E-state index is 12.8. The average molecular weight is 451 g/mol. The number of benzene rings is 2. The SMILES string of the molecule is CCOCc1ccc(CNC(=O)C(CC(C)C)NC(=O)c2ccc(Cl)cc2Cl)cc1. The van der Waals surface area contributed by atoms with Crippen LogP contribution in [0.15, 0.2) is 42.5 Å². The largest absolute Gasteiger partial charge is 0.377 e. The maximum absolute atomic E-state index is 12.8. The Labute approximate surface area is 188 Å². The maximum Gasteiger partial charge on any atom is 0.253 e. The number of carbonyl (C=O) groups is 2. The monoisotopic (exact) mass is 450 g/mol. The average Bonchev–Trinajstić information content (AvgIpc) is 2.70. The molecule has 0 radical (unpaired) electrons. The molecule has 2 aromatic rings. The van der Waals surface area contributed by atoms with Gasteiger partial charge in [-0.3, -0.25) is 9.59 Å². The molecule has 0 aromatic heterocycles. The molecule has 5 nitrogen and oxygen atoms in total. The quantitative estimate of drug-likeness (QED) is 0.535. The fraction of sp³-hybridized carbons (Fsp3) is 0.391. The summed E-state index contributed by atoms with van der Waals surface area (Å²) in [5.74, 6) is -0.419. The van der Waals surface area contributed by atoms with Crippen molar-refractivity contribution in [2.45, 2.75) is 46.4 Å². The molecule has 30 heavy (non-hydrogen) atoms. The lowest BCUT2D eigenvalue weighted by Gasteiger charge is -2.20. The summed E-state index contributed by atoms with van der Waals surface area (Å²) in [7, 11) is 0. The first-order chi connectivity index (χ1) is 14.3. The molecule has 0 saturated heterocycles. The molecule has 0 aliphatic heterocycles. The van der Waals surface area contributed by atoms with Gasteiger partial charge in [0.2, 0.25) is 5.91 Å². The van der Waals surface area contributed by atoms with Crippen LogP contribution < -0.4 is 10.6 Å². The van der Waals surface area contributed by atoms with E-state index in [1.165, 1.54) is 6.07 Å². The number of ether oxygens (including phenoxy) is 1. The van der Waals surface area contributed by atoms with Crippen molar-refractivity contribution in [2.24, 2.45) is 5.92 Å². The number of amides is 2. The lowest BCUT2D eigenvalue weighted by molar-refractivity contribution is -0.123. The van der Waals surface area contributed by atoms with E-state index in [0.717, 1.165) is 11.1 Å². The predicted molar refractivity (Wildman–Crippen MR) is 121 cm³/mol. The second kappa shape index (κ2) is 11.9. The number of hydrogen-bond acceptors (Lipinski definition) is 3. The molecule has 0 fully saturated rings. The normalized spacial score (nSPS) is 11.9. The molecule has 1 atom stereocenters. The Bertz CT molecular complexity index is 854. The van der Waals surface area contributed by atoms with Crippen LogP contribution in [0.3, 0.4) is 0 Å². The van der Waals surface area contributed by atoms with E-state index < -0.39 is 11.9 Å². The fourth-order valence-corrected chi connectivity index (χ4v) is 3.39. The molecule has 162 valence electrons. The van der Waals surface area contributed by atoms with E-state index in [-0.39, 0.29) is 22.4 Å². The standard InChI is InChI=1S/C23H28Cl2N2O3/c1-4-30-14-17-7-5-16(6-8-17)13-26-23(29)21(11-15(2)3)27-22(28)19-10-9-18(24)12-20(19)25/h5-10,12,15,21H,4,11,13-14H2,1-3H3,(H,26,29)(H,27,28). The topological polar surface area (TPSA) is 67.4 Å². The van der Waals surface area contributed by atoms with Crippen molar-refractivity contribution in [1.29, 1.82) is 0 Å². The van der Waals surface area contributed by atoms with Crippen LogP contribution in [0.1, 0.15) is 48.7 Å². The van der Waals surface area contributed by atoms with E-state index in [4.69, 9.17) is 27.9 Å². The summed E-state index contributed by atoms with van der Waals surface area (Å²) in [6.07, 6.45) is 0.510. The van der Waals surface area contributed by atoms with Crippen molar-refractivity contribution < 1.29 is 14.3 Å². The zero-order valence-corrected chi connectivity index (χ0v) is 19.0. The Balaban J connectivity index is 1.99. The fourth-order valence-electron chi connectivity index (χ4n) is 2.90.